The Morgan fingerprint density at radius 1 is 1.27 bits per heavy atom. The SMILES string of the molecule is CSc1ncc(Cl)c(C(=O)NC23CC4CC(CC(C4)C2)C3)n1. The zero-order valence-electron chi connectivity index (χ0n) is 12.6. The van der Waals surface area contributed by atoms with E-state index in [1.165, 1.54) is 37.2 Å². The normalized spacial score (nSPS) is 35.6. The maximum atomic E-state index is 12.7. The highest BCUT2D eigenvalue weighted by atomic mass is 35.5. The van der Waals surface area contributed by atoms with E-state index in [1.807, 2.05) is 6.26 Å². The molecule has 0 radical (unpaired) electrons. The van der Waals surface area contributed by atoms with Gasteiger partial charge in [0.2, 0.25) is 0 Å². The number of nitrogens with one attached hydrogen (secondary N) is 1. The van der Waals surface area contributed by atoms with Crippen LogP contribution in [-0.2, 0) is 0 Å². The third-order valence-electron chi connectivity index (χ3n) is 5.54. The number of hydrogen-bond donors (Lipinski definition) is 1. The summed E-state index contributed by atoms with van der Waals surface area (Å²) >= 11 is 7.56. The molecule has 1 heterocycles. The van der Waals surface area contributed by atoms with Crippen LogP contribution in [0.3, 0.4) is 0 Å². The molecule has 0 aromatic carbocycles. The fraction of sp³-hybridized carbons (Fsp3) is 0.688. The fourth-order valence-electron chi connectivity index (χ4n) is 5.17. The van der Waals surface area contributed by atoms with Gasteiger partial charge in [0.25, 0.3) is 5.91 Å². The summed E-state index contributed by atoms with van der Waals surface area (Å²) in [5, 5.41) is 4.23. The smallest absolute Gasteiger partial charge is 0.272 e. The molecule has 0 atom stereocenters. The van der Waals surface area contributed by atoms with Gasteiger partial charge in [-0.2, -0.15) is 0 Å². The Balaban J connectivity index is 1.57. The van der Waals surface area contributed by atoms with Gasteiger partial charge in [0, 0.05) is 5.54 Å². The summed E-state index contributed by atoms with van der Waals surface area (Å²) in [6, 6.07) is 0. The van der Waals surface area contributed by atoms with E-state index in [9.17, 15) is 4.79 Å². The number of amides is 1. The van der Waals surface area contributed by atoms with E-state index in [-0.39, 0.29) is 11.4 Å². The highest BCUT2D eigenvalue weighted by molar-refractivity contribution is 7.98. The maximum Gasteiger partial charge on any atom is 0.272 e. The van der Waals surface area contributed by atoms with Gasteiger partial charge in [-0.25, -0.2) is 9.97 Å². The zero-order valence-corrected chi connectivity index (χ0v) is 14.2. The molecule has 4 fully saturated rings. The first-order valence-corrected chi connectivity index (χ1v) is 9.56. The van der Waals surface area contributed by atoms with Crippen LogP contribution in [0.4, 0.5) is 0 Å². The second kappa shape index (κ2) is 5.38. The molecule has 22 heavy (non-hydrogen) atoms. The van der Waals surface area contributed by atoms with E-state index in [1.54, 1.807) is 0 Å². The van der Waals surface area contributed by atoms with Crippen LogP contribution >= 0.6 is 23.4 Å². The largest absolute Gasteiger partial charge is 0.345 e. The Labute approximate surface area is 139 Å². The van der Waals surface area contributed by atoms with Gasteiger partial charge in [0.05, 0.1) is 11.2 Å². The highest BCUT2D eigenvalue weighted by Crippen LogP contribution is 2.55. The molecule has 0 aliphatic heterocycles. The Hall–Kier alpha value is -0.810. The molecule has 6 heteroatoms. The van der Waals surface area contributed by atoms with E-state index >= 15 is 0 Å². The molecule has 0 spiro atoms. The van der Waals surface area contributed by atoms with Crippen LogP contribution < -0.4 is 5.32 Å². The van der Waals surface area contributed by atoms with E-state index in [0.29, 0.717) is 15.9 Å². The summed E-state index contributed by atoms with van der Waals surface area (Å²) in [6.07, 6.45) is 10.9. The second-order valence-corrected chi connectivity index (χ2v) is 8.39. The van der Waals surface area contributed by atoms with Crippen molar-refractivity contribution >= 4 is 29.3 Å². The predicted molar refractivity (Wildman–Crippen MR) is 87.2 cm³/mol. The number of carbonyl (C=O) groups is 1. The minimum absolute atomic E-state index is 0.0143. The molecule has 4 saturated carbocycles. The van der Waals surface area contributed by atoms with Crippen molar-refractivity contribution in [1.82, 2.24) is 15.3 Å². The summed E-state index contributed by atoms with van der Waals surface area (Å²) in [7, 11) is 0. The molecule has 4 nitrogen and oxygen atoms in total. The summed E-state index contributed by atoms with van der Waals surface area (Å²) in [4.78, 5) is 21.1. The minimum atomic E-state index is -0.135. The van der Waals surface area contributed by atoms with E-state index in [2.05, 4.69) is 15.3 Å². The third-order valence-corrected chi connectivity index (χ3v) is 6.38. The molecule has 0 unspecified atom stereocenters. The number of halogens is 1. The molecule has 1 N–H and O–H groups in total. The molecular formula is C16H20ClN3OS. The lowest BCUT2D eigenvalue weighted by atomic mass is 9.53. The molecular weight excluding hydrogens is 318 g/mol. The van der Waals surface area contributed by atoms with Gasteiger partial charge in [-0.05, 0) is 62.5 Å². The first kappa shape index (κ1) is 14.8. The van der Waals surface area contributed by atoms with Crippen molar-refractivity contribution in [2.45, 2.75) is 49.2 Å². The number of rotatable bonds is 3. The lowest BCUT2D eigenvalue weighted by Crippen LogP contribution is -2.59. The van der Waals surface area contributed by atoms with Crippen LogP contribution in [0.2, 0.25) is 5.02 Å². The lowest BCUT2D eigenvalue weighted by Gasteiger charge is -2.56. The highest BCUT2D eigenvalue weighted by Gasteiger charge is 2.51. The van der Waals surface area contributed by atoms with Crippen LogP contribution in [-0.4, -0.2) is 27.7 Å². The quantitative estimate of drug-likeness (QED) is 0.677. The average Bonchev–Trinajstić information content (AvgIpc) is 2.45. The Morgan fingerprint density at radius 3 is 2.41 bits per heavy atom. The van der Waals surface area contributed by atoms with Crippen molar-refractivity contribution in [3.63, 3.8) is 0 Å². The van der Waals surface area contributed by atoms with Crippen molar-refractivity contribution in [3.05, 3.63) is 16.9 Å². The van der Waals surface area contributed by atoms with Crippen LogP contribution in [0.25, 0.3) is 0 Å². The van der Waals surface area contributed by atoms with Crippen LogP contribution in [0.15, 0.2) is 11.4 Å². The molecule has 118 valence electrons. The van der Waals surface area contributed by atoms with Crippen molar-refractivity contribution in [2.75, 3.05) is 6.26 Å². The van der Waals surface area contributed by atoms with Gasteiger partial charge < -0.3 is 5.32 Å². The van der Waals surface area contributed by atoms with Gasteiger partial charge in [0.15, 0.2) is 10.9 Å². The number of carbonyl (C=O) groups excluding carboxylic acids is 1. The standard InChI is InChI=1S/C16H20ClN3OS/c1-22-15-18-8-12(17)13(19-15)14(21)20-16-5-9-2-10(6-16)4-11(3-9)7-16/h8-11H,2-7H2,1H3,(H,20,21). The van der Waals surface area contributed by atoms with Crippen LogP contribution in [0, 0.1) is 17.8 Å². The van der Waals surface area contributed by atoms with Gasteiger partial charge in [-0.3, -0.25) is 4.79 Å². The Bertz CT molecular complexity index is 586. The maximum absolute atomic E-state index is 12.7. The number of aromatic nitrogens is 2. The van der Waals surface area contributed by atoms with Crippen molar-refractivity contribution < 1.29 is 4.79 Å². The number of hydrogen-bond acceptors (Lipinski definition) is 4. The van der Waals surface area contributed by atoms with Gasteiger partial charge >= 0.3 is 0 Å². The monoisotopic (exact) mass is 337 g/mol. The van der Waals surface area contributed by atoms with Crippen molar-refractivity contribution in [3.8, 4) is 0 Å². The average molecular weight is 338 g/mol. The van der Waals surface area contributed by atoms with Crippen LogP contribution in [0.1, 0.15) is 49.0 Å². The zero-order chi connectivity index (χ0) is 15.3. The lowest BCUT2D eigenvalue weighted by molar-refractivity contribution is -0.0168. The molecule has 1 aromatic rings. The molecule has 5 rings (SSSR count). The van der Waals surface area contributed by atoms with E-state index < -0.39 is 0 Å². The fourth-order valence-corrected chi connectivity index (χ4v) is 5.69. The van der Waals surface area contributed by atoms with Gasteiger partial charge in [-0.15, -0.1) is 0 Å². The number of nitrogens with zero attached hydrogens (tertiary/aromatic N) is 2. The topological polar surface area (TPSA) is 54.9 Å². The van der Waals surface area contributed by atoms with Crippen LogP contribution in [0.5, 0.6) is 0 Å². The first-order valence-electron chi connectivity index (χ1n) is 7.96. The summed E-state index contributed by atoms with van der Waals surface area (Å²) < 4.78 is 0. The van der Waals surface area contributed by atoms with Crippen molar-refractivity contribution in [2.24, 2.45) is 17.8 Å². The summed E-state index contributed by atoms with van der Waals surface area (Å²) in [5.41, 5.74) is 0.302. The predicted octanol–water partition coefficient (Wildman–Crippen LogP) is 3.55. The number of thioether (sulfide) groups is 1. The first-order chi connectivity index (χ1) is 10.6. The summed E-state index contributed by atoms with van der Waals surface area (Å²) in [5.74, 6) is 2.27. The van der Waals surface area contributed by atoms with E-state index in [4.69, 9.17) is 11.6 Å². The summed E-state index contributed by atoms with van der Waals surface area (Å²) in [6.45, 7) is 0. The Kier molecular flexibility index (Phi) is 3.61. The molecule has 1 aromatic heterocycles. The van der Waals surface area contributed by atoms with Gasteiger partial charge in [-0.1, -0.05) is 23.4 Å². The van der Waals surface area contributed by atoms with Crippen molar-refractivity contribution in [1.29, 1.82) is 0 Å². The molecule has 4 aliphatic carbocycles. The second-order valence-electron chi connectivity index (χ2n) is 7.21. The third kappa shape index (κ3) is 2.52. The molecule has 4 bridgehead atoms. The van der Waals surface area contributed by atoms with Gasteiger partial charge in [0.1, 0.15) is 0 Å². The van der Waals surface area contributed by atoms with E-state index in [0.717, 1.165) is 37.0 Å². The molecule has 0 saturated heterocycles. The molecule has 1 amide bonds. The Morgan fingerprint density at radius 2 is 1.86 bits per heavy atom. The molecule has 4 aliphatic rings. The minimum Gasteiger partial charge on any atom is -0.345 e.